The number of rotatable bonds is 9. The van der Waals surface area contributed by atoms with Crippen molar-refractivity contribution in [2.45, 2.75) is 19.4 Å². The van der Waals surface area contributed by atoms with Crippen molar-refractivity contribution in [2.24, 2.45) is 0 Å². The van der Waals surface area contributed by atoms with Crippen LogP contribution >= 0.6 is 0 Å². The van der Waals surface area contributed by atoms with Crippen molar-refractivity contribution in [3.05, 3.63) is 63.8 Å². The Morgan fingerprint density at radius 1 is 1.11 bits per heavy atom. The number of nitrogens with zero attached hydrogens (tertiary/aromatic N) is 1. The van der Waals surface area contributed by atoms with Crippen LogP contribution in [0.4, 0.5) is 5.69 Å². The summed E-state index contributed by atoms with van der Waals surface area (Å²) in [5.41, 5.74) is 3.02. The van der Waals surface area contributed by atoms with E-state index in [1.165, 1.54) is 31.2 Å². The minimum Gasteiger partial charge on any atom is -0.493 e. The van der Waals surface area contributed by atoms with Gasteiger partial charge < -0.3 is 19.8 Å². The van der Waals surface area contributed by atoms with Crippen LogP contribution in [0.15, 0.2) is 42.6 Å². The summed E-state index contributed by atoms with van der Waals surface area (Å²) in [6.45, 7) is 1.15. The van der Waals surface area contributed by atoms with Gasteiger partial charge in [0.1, 0.15) is 0 Å². The highest BCUT2D eigenvalue weighted by atomic mass is 16.6. The van der Waals surface area contributed by atoms with Crippen molar-refractivity contribution < 1.29 is 14.4 Å². The van der Waals surface area contributed by atoms with Crippen LogP contribution in [0, 0.1) is 10.1 Å². The van der Waals surface area contributed by atoms with Crippen molar-refractivity contribution in [3.8, 4) is 11.5 Å². The number of aryl methyl sites for hydroxylation is 1. The zero-order chi connectivity index (χ0) is 19.2. The van der Waals surface area contributed by atoms with Gasteiger partial charge in [-0.3, -0.25) is 10.1 Å². The quantitative estimate of drug-likeness (QED) is 0.340. The molecule has 2 aromatic carbocycles. The normalized spacial score (nSPS) is 10.9. The van der Waals surface area contributed by atoms with Crippen LogP contribution in [-0.4, -0.2) is 30.7 Å². The third-order valence-electron chi connectivity index (χ3n) is 4.57. The number of H-pyrrole nitrogens is 1. The number of ether oxygens (including phenoxy) is 2. The van der Waals surface area contributed by atoms with Gasteiger partial charge >= 0.3 is 0 Å². The lowest BCUT2D eigenvalue weighted by atomic mass is 10.1. The highest BCUT2D eigenvalue weighted by Crippen LogP contribution is 2.34. The van der Waals surface area contributed by atoms with Gasteiger partial charge in [-0.05, 0) is 37.1 Å². The van der Waals surface area contributed by atoms with Crippen LogP contribution in [0.25, 0.3) is 10.9 Å². The first-order valence-corrected chi connectivity index (χ1v) is 8.79. The lowest BCUT2D eigenvalue weighted by Gasteiger charge is -2.11. The van der Waals surface area contributed by atoms with E-state index in [0.29, 0.717) is 23.6 Å². The standard InChI is InChI=1S/C20H23N3O4/c1-26-19-10-15(18(23(24)25)11-20(19)27-2)12-21-9-5-6-14-13-22-17-8-4-3-7-16(14)17/h3-4,7-8,10-11,13,21-22H,5-6,9,12H2,1-2H3. The molecule has 27 heavy (non-hydrogen) atoms. The molecule has 0 saturated heterocycles. The molecule has 142 valence electrons. The fourth-order valence-electron chi connectivity index (χ4n) is 3.19. The molecule has 7 heteroatoms. The number of benzene rings is 2. The Hall–Kier alpha value is -3.06. The molecule has 1 aromatic heterocycles. The van der Waals surface area contributed by atoms with Crippen molar-refractivity contribution in [3.63, 3.8) is 0 Å². The molecule has 0 atom stereocenters. The Morgan fingerprint density at radius 2 is 1.85 bits per heavy atom. The monoisotopic (exact) mass is 369 g/mol. The van der Waals surface area contributed by atoms with E-state index in [-0.39, 0.29) is 5.69 Å². The second kappa shape index (κ2) is 8.55. The van der Waals surface area contributed by atoms with E-state index in [9.17, 15) is 10.1 Å². The predicted octanol–water partition coefficient (Wildman–Crippen LogP) is 3.82. The van der Waals surface area contributed by atoms with Gasteiger partial charge in [0.15, 0.2) is 11.5 Å². The average molecular weight is 369 g/mol. The van der Waals surface area contributed by atoms with Crippen LogP contribution in [0.2, 0.25) is 0 Å². The first kappa shape index (κ1) is 18.7. The molecule has 7 nitrogen and oxygen atoms in total. The topological polar surface area (TPSA) is 89.4 Å². The summed E-state index contributed by atoms with van der Waals surface area (Å²) in [6, 6.07) is 11.3. The maximum absolute atomic E-state index is 11.3. The maximum Gasteiger partial charge on any atom is 0.277 e. The number of hydrogen-bond acceptors (Lipinski definition) is 5. The number of fused-ring (bicyclic) bond motifs is 1. The first-order chi connectivity index (χ1) is 13.1. The number of aromatic nitrogens is 1. The molecule has 2 N–H and O–H groups in total. The zero-order valence-electron chi connectivity index (χ0n) is 15.5. The highest BCUT2D eigenvalue weighted by Gasteiger charge is 2.19. The van der Waals surface area contributed by atoms with E-state index < -0.39 is 4.92 Å². The van der Waals surface area contributed by atoms with Gasteiger partial charge in [0.2, 0.25) is 0 Å². The summed E-state index contributed by atoms with van der Waals surface area (Å²) in [7, 11) is 2.98. The second-order valence-electron chi connectivity index (χ2n) is 6.23. The average Bonchev–Trinajstić information content (AvgIpc) is 3.10. The largest absolute Gasteiger partial charge is 0.493 e. The molecule has 0 unspecified atom stereocenters. The minimum atomic E-state index is -0.398. The van der Waals surface area contributed by atoms with Gasteiger partial charge in [-0.1, -0.05) is 18.2 Å². The third-order valence-corrected chi connectivity index (χ3v) is 4.57. The Bertz CT molecular complexity index is 936. The molecule has 0 amide bonds. The summed E-state index contributed by atoms with van der Waals surface area (Å²) in [4.78, 5) is 14.2. The molecular weight excluding hydrogens is 346 g/mol. The first-order valence-electron chi connectivity index (χ1n) is 8.79. The Morgan fingerprint density at radius 3 is 2.59 bits per heavy atom. The number of nitrogens with one attached hydrogen (secondary N) is 2. The van der Waals surface area contributed by atoms with Crippen LogP contribution in [0.3, 0.4) is 0 Å². The van der Waals surface area contributed by atoms with Crippen molar-refractivity contribution in [1.82, 2.24) is 10.3 Å². The van der Waals surface area contributed by atoms with E-state index in [1.807, 2.05) is 18.3 Å². The van der Waals surface area contributed by atoms with Gasteiger partial charge in [0.25, 0.3) is 5.69 Å². The summed E-state index contributed by atoms with van der Waals surface area (Å²) in [5, 5.41) is 15.9. The number of para-hydroxylation sites is 1. The molecule has 0 radical (unpaired) electrons. The summed E-state index contributed by atoms with van der Waals surface area (Å²) < 4.78 is 10.4. The number of nitro benzene ring substituents is 1. The van der Waals surface area contributed by atoms with Gasteiger partial charge in [-0.2, -0.15) is 0 Å². The van der Waals surface area contributed by atoms with E-state index in [0.717, 1.165) is 24.9 Å². The van der Waals surface area contributed by atoms with Crippen LogP contribution in [-0.2, 0) is 13.0 Å². The molecular formula is C20H23N3O4. The fraction of sp³-hybridized carbons (Fsp3) is 0.300. The number of methoxy groups -OCH3 is 2. The molecule has 0 saturated carbocycles. The maximum atomic E-state index is 11.3. The van der Waals surface area contributed by atoms with Gasteiger partial charge in [-0.25, -0.2) is 0 Å². The zero-order valence-corrected chi connectivity index (χ0v) is 15.5. The van der Waals surface area contributed by atoms with Crippen LogP contribution < -0.4 is 14.8 Å². The third kappa shape index (κ3) is 4.20. The van der Waals surface area contributed by atoms with Crippen molar-refractivity contribution in [2.75, 3.05) is 20.8 Å². The fourth-order valence-corrected chi connectivity index (χ4v) is 3.19. The lowest BCUT2D eigenvalue weighted by Crippen LogP contribution is -2.16. The predicted molar refractivity (Wildman–Crippen MR) is 105 cm³/mol. The Balaban J connectivity index is 1.59. The molecule has 3 aromatic rings. The summed E-state index contributed by atoms with van der Waals surface area (Å²) in [5.74, 6) is 0.839. The minimum absolute atomic E-state index is 0.0248. The van der Waals surface area contributed by atoms with Gasteiger partial charge in [0, 0.05) is 29.2 Å². The van der Waals surface area contributed by atoms with Gasteiger partial charge in [0.05, 0.1) is 25.2 Å². The molecule has 1 heterocycles. The van der Waals surface area contributed by atoms with E-state index in [1.54, 1.807) is 6.07 Å². The van der Waals surface area contributed by atoms with E-state index in [4.69, 9.17) is 9.47 Å². The highest BCUT2D eigenvalue weighted by molar-refractivity contribution is 5.82. The molecule has 3 rings (SSSR count). The van der Waals surface area contributed by atoms with Crippen LogP contribution in [0.1, 0.15) is 17.5 Å². The molecule has 0 spiro atoms. The van der Waals surface area contributed by atoms with Crippen LogP contribution in [0.5, 0.6) is 11.5 Å². The van der Waals surface area contributed by atoms with Gasteiger partial charge in [-0.15, -0.1) is 0 Å². The molecule has 0 aliphatic carbocycles. The number of hydrogen-bond donors (Lipinski definition) is 2. The smallest absolute Gasteiger partial charge is 0.277 e. The van der Waals surface area contributed by atoms with Crippen molar-refractivity contribution in [1.29, 1.82) is 0 Å². The molecule has 0 aliphatic rings. The molecule has 0 bridgehead atoms. The lowest BCUT2D eigenvalue weighted by molar-refractivity contribution is -0.385. The molecule has 0 aliphatic heterocycles. The number of nitro groups is 1. The Labute approximate surface area is 157 Å². The summed E-state index contributed by atoms with van der Waals surface area (Å²) in [6.07, 6.45) is 3.91. The Kier molecular flexibility index (Phi) is 5.93. The summed E-state index contributed by atoms with van der Waals surface area (Å²) >= 11 is 0. The SMILES string of the molecule is COc1cc(CNCCCc2c[nH]c3ccccc23)c([N+](=O)[O-])cc1OC. The number of aromatic amines is 1. The molecule has 0 fully saturated rings. The van der Waals surface area contributed by atoms with E-state index in [2.05, 4.69) is 22.4 Å². The second-order valence-corrected chi connectivity index (χ2v) is 6.23. The van der Waals surface area contributed by atoms with Crippen molar-refractivity contribution >= 4 is 16.6 Å². The van der Waals surface area contributed by atoms with E-state index >= 15 is 0 Å².